The lowest BCUT2D eigenvalue weighted by atomic mass is 10.0. The van der Waals surface area contributed by atoms with E-state index in [0.29, 0.717) is 5.92 Å². The van der Waals surface area contributed by atoms with Gasteiger partial charge in [-0.05, 0) is 37.0 Å². The molecule has 20 heavy (non-hydrogen) atoms. The van der Waals surface area contributed by atoms with Gasteiger partial charge in [-0.3, -0.25) is 4.79 Å². The second-order valence-corrected chi connectivity index (χ2v) is 5.70. The predicted molar refractivity (Wildman–Crippen MR) is 82.5 cm³/mol. The highest BCUT2D eigenvalue weighted by atomic mass is 16.3. The van der Waals surface area contributed by atoms with Gasteiger partial charge in [-0.1, -0.05) is 26.0 Å². The van der Waals surface area contributed by atoms with Gasteiger partial charge in [0, 0.05) is 18.8 Å². The summed E-state index contributed by atoms with van der Waals surface area (Å²) in [6.07, 6.45) is 1.00. The molecule has 0 saturated heterocycles. The Balaban J connectivity index is 2.49. The molecule has 1 amide bonds. The Labute approximate surface area is 121 Å². The molecule has 0 saturated carbocycles. The van der Waals surface area contributed by atoms with Gasteiger partial charge in [0.05, 0.1) is 13.2 Å². The van der Waals surface area contributed by atoms with Crippen molar-refractivity contribution in [1.29, 1.82) is 0 Å². The van der Waals surface area contributed by atoms with E-state index in [1.165, 1.54) is 0 Å². The molecule has 112 valence electrons. The number of carbonyl (C=O) groups is 1. The minimum absolute atomic E-state index is 0.00872. The number of benzene rings is 1. The molecule has 1 aromatic carbocycles. The van der Waals surface area contributed by atoms with E-state index in [1.54, 1.807) is 4.90 Å². The SMILES string of the molecule is CC(C)CC(C)N(C)C(=O)CNc1cccc(CO)c1. The number of hydrogen-bond acceptors (Lipinski definition) is 3. The largest absolute Gasteiger partial charge is 0.392 e. The van der Waals surface area contributed by atoms with Crippen molar-refractivity contribution in [2.45, 2.75) is 39.8 Å². The molecule has 0 fully saturated rings. The maximum Gasteiger partial charge on any atom is 0.241 e. The number of anilines is 1. The van der Waals surface area contributed by atoms with Gasteiger partial charge in [0.2, 0.25) is 5.91 Å². The van der Waals surface area contributed by atoms with Crippen LogP contribution in [0, 0.1) is 5.92 Å². The van der Waals surface area contributed by atoms with Crippen LogP contribution >= 0.6 is 0 Å². The molecule has 0 aromatic heterocycles. The second kappa shape index (κ2) is 7.90. The van der Waals surface area contributed by atoms with Crippen molar-refractivity contribution < 1.29 is 9.90 Å². The van der Waals surface area contributed by atoms with Crippen molar-refractivity contribution in [3.05, 3.63) is 29.8 Å². The van der Waals surface area contributed by atoms with Gasteiger partial charge >= 0.3 is 0 Å². The molecule has 0 aliphatic rings. The molecule has 2 N–H and O–H groups in total. The average Bonchev–Trinajstić information content (AvgIpc) is 2.43. The molecule has 0 radical (unpaired) electrons. The van der Waals surface area contributed by atoms with Crippen molar-refractivity contribution >= 4 is 11.6 Å². The molecule has 4 nitrogen and oxygen atoms in total. The zero-order valence-corrected chi connectivity index (χ0v) is 12.9. The molecule has 0 aliphatic heterocycles. The topological polar surface area (TPSA) is 52.6 Å². The van der Waals surface area contributed by atoms with Crippen LogP contribution in [0.5, 0.6) is 0 Å². The smallest absolute Gasteiger partial charge is 0.241 e. The first kappa shape index (κ1) is 16.5. The fourth-order valence-corrected chi connectivity index (χ4v) is 2.17. The minimum atomic E-state index is 0.00872. The quantitative estimate of drug-likeness (QED) is 0.805. The third kappa shape index (κ3) is 5.21. The van der Waals surface area contributed by atoms with Crippen LogP contribution in [0.4, 0.5) is 5.69 Å². The fourth-order valence-electron chi connectivity index (χ4n) is 2.17. The van der Waals surface area contributed by atoms with Gasteiger partial charge in [0.15, 0.2) is 0 Å². The summed E-state index contributed by atoms with van der Waals surface area (Å²) in [4.78, 5) is 13.9. The average molecular weight is 278 g/mol. The summed E-state index contributed by atoms with van der Waals surface area (Å²) in [6.45, 7) is 6.67. The highest BCUT2D eigenvalue weighted by molar-refractivity contribution is 5.80. The van der Waals surface area contributed by atoms with Crippen LogP contribution in [0.25, 0.3) is 0 Å². The van der Waals surface area contributed by atoms with Gasteiger partial charge in [-0.25, -0.2) is 0 Å². The zero-order valence-electron chi connectivity index (χ0n) is 12.9. The van der Waals surface area contributed by atoms with Crippen molar-refractivity contribution in [2.75, 3.05) is 18.9 Å². The Morgan fingerprint density at radius 1 is 1.35 bits per heavy atom. The molecule has 1 unspecified atom stereocenters. The number of amides is 1. The van der Waals surface area contributed by atoms with E-state index < -0.39 is 0 Å². The Kier molecular flexibility index (Phi) is 6.52. The summed E-state index contributed by atoms with van der Waals surface area (Å²) < 4.78 is 0. The number of aliphatic hydroxyl groups is 1. The normalized spacial score (nSPS) is 12.3. The Morgan fingerprint density at radius 3 is 2.65 bits per heavy atom. The predicted octanol–water partition coefficient (Wildman–Crippen LogP) is 2.48. The third-order valence-corrected chi connectivity index (χ3v) is 3.42. The maximum absolute atomic E-state index is 12.1. The molecule has 1 atom stereocenters. The highest BCUT2D eigenvalue weighted by Crippen LogP contribution is 2.12. The number of nitrogens with zero attached hydrogens (tertiary/aromatic N) is 1. The number of aliphatic hydroxyl groups excluding tert-OH is 1. The van der Waals surface area contributed by atoms with Crippen LogP contribution < -0.4 is 5.32 Å². The van der Waals surface area contributed by atoms with Gasteiger partial charge in [0.25, 0.3) is 0 Å². The molecule has 1 rings (SSSR count). The van der Waals surface area contributed by atoms with E-state index >= 15 is 0 Å². The monoisotopic (exact) mass is 278 g/mol. The van der Waals surface area contributed by atoms with Crippen molar-refractivity contribution in [3.63, 3.8) is 0 Å². The molecular formula is C16H26N2O2. The number of likely N-dealkylation sites (N-methyl/N-ethyl adjacent to an activating group) is 1. The van der Waals surface area contributed by atoms with Gasteiger partial charge in [0.1, 0.15) is 0 Å². The minimum Gasteiger partial charge on any atom is -0.392 e. The van der Waals surface area contributed by atoms with Crippen LogP contribution in [0.2, 0.25) is 0 Å². The van der Waals surface area contributed by atoms with Crippen LogP contribution in [-0.2, 0) is 11.4 Å². The number of nitrogens with one attached hydrogen (secondary N) is 1. The van der Waals surface area contributed by atoms with Gasteiger partial charge in [-0.15, -0.1) is 0 Å². The summed E-state index contributed by atoms with van der Waals surface area (Å²) in [7, 11) is 1.85. The Hall–Kier alpha value is -1.55. The maximum atomic E-state index is 12.1. The number of rotatable bonds is 7. The van der Waals surface area contributed by atoms with E-state index in [0.717, 1.165) is 17.7 Å². The summed E-state index contributed by atoms with van der Waals surface area (Å²) in [5, 5.41) is 12.2. The summed E-state index contributed by atoms with van der Waals surface area (Å²) >= 11 is 0. The standard InChI is InChI=1S/C16H26N2O2/c1-12(2)8-13(3)18(4)16(20)10-17-15-7-5-6-14(9-15)11-19/h5-7,9,12-13,17,19H,8,10-11H2,1-4H3. The second-order valence-electron chi connectivity index (χ2n) is 5.70. The lowest BCUT2D eigenvalue weighted by Crippen LogP contribution is -2.39. The molecule has 4 heteroatoms. The van der Waals surface area contributed by atoms with Gasteiger partial charge < -0.3 is 15.3 Å². The van der Waals surface area contributed by atoms with Gasteiger partial charge in [-0.2, -0.15) is 0 Å². The van der Waals surface area contributed by atoms with E-state index in [1.807, 2.05) is 31.3 Å². The summed E-state index contributed by atoms with van der Waals surface area (Å²) in [5.41, 5.74) is 1.69. The molecule has 0 aliphatic carbocycles. The van der Waals surface area contributed by atoms with E-state index in [2.05, 4.69) is 26.1 Å². The lowest BCUT2D eigenvalue weighted by molar-refractivity contribution is -0.130. The first-order chi connectivity index (χ1) is 9.43. The molecular weight excluding hydrogens is 252 g/mol. The zero-order chi connectivity index (χ0) is 15.1. The van der Waals surface area contributed by atoms with E-state index in [4.69, 9.17) is 5.11 Å². The van der Waals surface area contributed by atoms with Crippen LogP contribution in [0.15, 0.2) is 24.3 Å². The molecule has 1 aromatic rings. The first-order valence-electron chi connectivity index (χ1n) is 7.13. The molecule has 0 heterocycles. The van der Waals surface area contributed by atoms with Crippen molar-refractivity contribution in [3.8, 4) is 0 Å². The lowest BCUT2D eigenvalue weighted by Gasteiger charge is -2.26. The van der Waals surface area contributed by atoms with Crippen LogP contribution in [-0.4, -0.2) is 35.5 Å². The summed E-state index contributed by atoms with van der Waals surface area (Å²) in [5.74, 6) is 0.655. The molecule has 0 spiro atoms. The summed E-state index contributed by atoms with van der Waals surface area (Å²) in [6, 6.07) is 7.70. The molecule has 0 bridgehead atoms. The van der Waals surface area contributed by atoms with Crippen molar-refractivity contribution in [1.82, 2.24) is 4.90 Å². The number of carbonyl (C=O) groups excluding carboxylic acids is 1. The Bertz CT molecular complexity index is 432. The van der Waals surface area contributed by atoms with Crippen molar-refractivity contribution in [2.24, 2.45) is 5.92 Å². The highest BCUT2D eigenvalue weighted by Gasteiger charge is 2.16. The fraction of sp³-hybridized carbons (Fsp3) is 0.562. The first-order valence-corrected chi connectivity index (χ1v) is 7.13. The van der Waals surface area contributed by atoms with E-state index in [-0.39, 0.29) is 25.1 Å². The Morgan fingerprint density at radius 2 is 2.05 bits per heavy atom. The third-order valence-electron chi connectivity index (χ3n) is 3.42. The van der Waals surface area contributed by atoms with Crippen LogP contribution in [0.1, 0.15) is 32.8 Å². The number of hydrogen-bond donors (Lipinski definition) is 2. The van der Waals surface area contributed by atoms with Crippen LogP contribution in [0.3, 0.4) is 0 Å². The van der Waals surface area contributed by atoms with E-state index in [9.17, 15) is 4.79 Å².